The van der Waals surface area contributed by atoms with Crippen LogP contribution in [0.3, 0.4) is 0 Å². The molecule has 8 nitrogen and oxygen atoms in total. The second-order valence-electron chi connectivity index (χ2n) is 8.48. The third-order valence-corrected chi connectivity index (χ3v) is 5.07. The van der Waals surface area contributed by atoms with Crippen molar-refractivity contribution in [3.63, 3.8) is 0 Å². The minimum atomic E-state index is -0.372. The third-order valence-electron chi connectivity index (χ3n) is 4.83. The first kappa shape index (κ1) is 22.3. The molecular weight excluding hydrogens is 438 g/mol. The van der Waals surface area contributed by atoms with Gasteiger partial charge in [-0.1, -0.05) is 29.8 Å². The van der Waals surface area contributed by atoms with Crippen molar-refractivity contribution in [1.29, 1.82) is 0 Å². The van der Waals surface area contributed by atoms with Gasteiger partial charge in [-0.25, -0.2) is 14.8 Å². The molecule has 0 saturated carbocycles. The Hall–Kier alpha value is -3.91. The number of hydrogen-bond donors (Lipinski definition) is 3. The molecule has 9 heteroatoms. The molecule has 0 fully saturated rings. The van der Waals surface area contributed by atoms with E-state index in [2.05, 4.69) is 41.4 Å². The number of nitrogens with one attached hydrogen (secondary N) is 2. The fraction of sp³-hybridized carbons (Fsp3) is 0.167. The van der Waals surface area contributed by atoms with Crippen LogP contribution >= 0.6 is 11.6 Å². The number of hydrogen-bond acceptors (Lipinski definition) is 5. The quantitative estimate of drug-likeness (QED) is 0.364. The van der Waals surface area contributed by atoms with Crippen LogP contribution in [0.15, 0.2) is 67.0 Å². The summed E-state index contributed by atoms with van der Waals surface area (Å²) in [4.78, 5) is 20.8. The minimum absolute atomic E-state index is 0.178. The third kappa shape index (κ3) is 5.30. The maximum atomic E-state index is 12.5. The van der Waals surface area contributed by atoms with Gasteiger partial charge >= 0.3 is 6.03 Å². The highest BCUT2D eigenvalue weighted by Crippen LogP contribution is 2.33. The van der Waals surface area contributed by atoms with Crippen LogP contribution in [0.1, 0.15) is 20.8 Å². The molecule has 0 aliphatic rings. The van der Waals surface area contributed by atoms with E-state index < -0.39 is 0 Å². The van der Waals surface area contributed by atoms with Gasteiger partial charge in [-0.05, 0) is 62.7 Å². The van der Waals surface area contributed by atoms with Crippen molar-refractivity contribution in [2.45, 2.75) is 26.3 Å². The van der Waals surface area contributed by atoms with Crippen molar-refractivity contribution < 1.29 is 4.79 Å². The SMILES string of the molecule is CC(C)(C)n1cc(-c2cccc(NC(=O)Nc3cccc(Cl)c3)c2)c(-c2ccnc(N)n2)n1. The van der Waals surface area contributed by atoms with Crippen molar-refractivity contribution in [1.82, 2.24) is 19.7 Å². The van der Waals surface area contributed by atoms with Gasteiger partial charge < -0.3 is 16.4 Å². The van der Waals surface area contributed by atoms with Crippen LogP contribution in [0.25, 0.3) is 22.5 Å². The topological polar surface area (TPSA) is 111 Å². The van der Waals surface area contributed by atoms with Gasteiger partial charge in [0.1, 0.15) is 5.69 Å². The molecule has 0 bridgehead atoms. The summed E-state index contributed by atoms with van der Waals surface area (Å²) in [6, 6.07) is 15.9. The Bertz CT molecular complexity index is 1310. The van der Waals surface area contributed by atoms with Crippen LogP contribution in [0, 0.1) is 0 Å². The second kappa shape index (κ2) is 8.91. The molecule has 2 amide bonds. The fourth-order valence-corrected chi connectivity index (χ4v) is 3.44. The van der Waals surface area contributed by atoms with Crippen LogP contribution in [0.5, 0.6) is 0 Å². The molecule has 0 radical (unpaired) electrons. The van der Waals surface area contributed by atoms with Gasteiger partial charge in [0.05, 0.1) is 11.2 Å². The molecule has 2 aromatic heterocycles. The van der Waals surface area contributed by atoms with Crippen LogP contribution < -0.4 is 16.4 Å². The van der Waals surface area contributed by atoms with Crippen LogP contribution in [-0.2, 0) is 5.54 Å². The Morgan fingerprint density at radius 3 is 2.39 bits per heavy atom. The number of rotatable bonds is 4. The van der Waals surface area contributed by atoms with Gasteiger partial charge in [-0.15, -0.1) is 0 Å². The zero-order chi connectivity index (χ0) is 23.6. The Labute approximate surface area is 196 Å². The van der Waals surface area contributed by atoms with Crippen LogP contribution in [0.4, 0.5) is 22.1 Å². The molecular formula is C24H24ClN7O. The summed E-state index contributed by atoms with van der Waals surface area (Å²) in [5.74, 6) is 0.178. The number of nitrogens with two attached hydrogens (primary N) is 1. The molecule has 2 aromatic carbocycles. The number of halogens is 1. The maximum absolute atomic E-state index is 12.5. The van der Waals surface area contributed by atoms with Crippen molar-refractivity contribution in [3.8, 4) is 22.5 Å². The van der Waals surface area contributed by atoms with Gasteiger partial charge in [-0.3, -0.25) is 4.68 Å². The standard InChI is InChI=1S/C24H24ClN7O/c1-24(2,3)32-14-19(21(31-32)20-10-11-27-22(26)30-20)15-6-4-8-17(12-15)28-23(33)29-18-9-5-7-16(25)13-18/h4-14H,1-3H3,(H2,26,27,30)(H2,28,29,33). The second-order valence-corrected chi connectivity index (χ2v) is 8.91. The average Bonchev–Trinajstić information content (AvgIpc) is 3.20. The minimum Gasteiger partial charge on any atom is -0.368 e. The first-order chi connectivity index (χ1) is 15.7. The Balaban J connectivity index is 1.66. The van der Waals surface area contributed by atoms with E-state index in [4.69, 9.17) is 22.4 Å². The zero-order valence-corrected chi connectivity index (χ0v) is 19.3. The highest BCUT2D eigenvalue weighted by Gasteiger charge is 2.21. The Kier molecular flexibility index (Phi) is 6.02. The largest absolute Gasteiger partial charge is 0.368 e. The first-order valence-corrected chi connectivity index (χ1v) is 10.7. The lowest BCUT2D eigenvalue weighted by molar-refractivity contribution is 0.262. The molecule has 0 aliphatic carbocycles. The summed E-state index contributed by atoms with van der Waals surface area (Å²) in [6.45, 7) is 6.21. The lowest BCUT2D eigenvalue weighted by Crippen LogP contribution is -2.22. The lowest BCUT2D eigenvalue weighted by Gasteiger charge is -2.18. The number of nitrogens with zero attached hydrogens (tertiary/aromatic N) is 4. The van der Waals surface area contributed by atoms with Crippen LogP contribution in [-0.4, -0.2) is 25.8 Å². The molecule has 4 rings (SSSR count). The molecule has 4 N–H and O–H groups in total. The molecule has 168 valence electrons. The summed E-state index contributed by atoms with van der Waals surface area (Å²) < 4.78 is 1.89. The predicted molar refractivity (Wildman–Crippen MR) is 132 cm³/mol. The number of carbonyl (C=O) groups excluding carboxylic acids is 1. The van der Waals surface area contributed by atoms with E-state index in [0.717, 1.165) is 11.1 Å². The molecule has 33 heavy (non-hydrogen) atoms. The molecule has 0 aliphatic heterocycles. The maximum Gasteiger partial charge on any atom is 0.323 e. The average molecular weight is 462 g/mol. The molecule has 4 aromatic rings. The van der Waals surface area contributed by atoms with Crippen molar-refractivity contribution in [2.24, 2.45) is 0 Å². The van der Waals surface area contributed by atoms with Gasteiger partial charge in [-0.2, -0.15) is 5.10 Å². The number of amides is 2. The summed E-state index contributed by atoms with van der Waals surface area (Å²) in [7, 11) is 0. The number of carbonyl (C=O) groups is 1. The van der Waals surface area contributed by atoms with E-state index in [9.17, 15) is 4.79 Å². The van der Waals surface area contributed by atoms with E-state index in [1.807, 2.05) is 35.1 Å². The van der Waals surface area contributed by atoms with Crippen molar-refractivity contribution in [2.75, 3.05) is 16.4 Å². The normalized spacial score (nSPS) is 11.3. The van der Waals surface area contributed by atoms with E-state index in [1.54, 1.807) is 36.5 Å². The fourth-order valence-electron chi connectivity index (χ4n) is 3.25. The zero-order valence-electron chi connectivity index (χ0n) is 18.5. The number of benzene rings is 2. The molecule has 2 heterocycles. The van der Waals surface area contributed by atoms with Crippen LogP contribution in [0.2, 0.25) is 5.02 Å². The van der Waals surface area contributed by atoms with Gasteiger partial charge in [0, 0.05) is 34.4 Å². The lowest BCUT2D eigenvalue weighted by atomic mass is 10.0. The van der Waals surface area contributed by atoms with E-state index in [-0.39, 0.29) is 17.5 Å². The first-order valence-electron chi connectivity index (χ1n) is 10.3. The number of aromatic nitrogens is 4. The summed E-state index contributed by atoms with van der Waals surface area (Å²) >= 11 is 5.99. The van der Waals surface area contributed by atoms with Gasteiger partial charge in [0.25, 0.3) is 0 Å². The summed E-state index contributed by atoms with van der Waals surface area (Å²) in [5.41, 5.74) is 9.84. The Morgan fingerprint density at radius 1 is 1.03 bits per heavy atom. The highest BCUT2D eigenvalue weighted by molar-refractivity contribution is 6.30. The van der Waals surface area contributed by atoms with Gasteiger partial charge in [0.2, 0.25) is 5.95 Å². The molecule has 0 spiro atoms. The highest BCUT2D eigenvalue weighted by atomic mass is 35.5. The molecule has 0 unspecified atom stereocenters. The van der Waals surface area contributed by atoms with E-state index >= 15 is 0 Å². The molecule has 0 atom stereocenters. The van der Waals surface area contributed by atoms with E-state index in [1.165, 1.54) is 0 Å². The summed E-state index contributed by atoms with van der Waals surface area (Å²) in [5, 5.41) is 11.0. The smallest absolute Gasteiger partial charge is 0.323 e. The van der Waals surface area contributed by atoms with Crippen molar-refractivity contribution >= 4 is 35.0 Å². The Morgan fingerprint density at radius 2 is 1.73 bits per heavy atom. The molecule has 0 saturated heterocycles. The monoisotopic (exact) mass is 461 g/mol. The number of anilines is 3. The summed E-state index contributed by atoms with van der Waals surface area (Å²) in [6.07, 6.45) is 3.58. The number of nitrogen functional groups attached to an aromatic ring is 1. The predicted octanol–water partition coefficient (Wildman–Crippen LogP) is 5.64. The van der Waals surface area contributed by atoms with E-state index in [0.29, 0.717) is 27.8 Å². The van der Waals surface area contributed by atoms with Crippen molar-refractivity contribution in [3.05, 3.63) is 72.0 Å². The number of urea groups is 1. The van der Waals surface area contributed by atoms with Gasteiger partial charge in [0.15, 0.2) is 0 Å².